The summed E-state index contributed by atoms with van der Waals surface area (Å²) < 4.78 is 0. The summed E-state index contributed by atoms with van der Waals surface area (Å²) in [7, 11) is 0. The second kappa shape index (κ2) is 3.47. The fourth-order valence-electron chi connectivity index (χ4n) is 3.67. The third-order valence-electron chi connectivity index (χ3n) is 4.66. The molecule has 0 amide bonds. The lowest BCUT2D eigenvalue weighted by Crippen LogP contribution is -2.42. The Bertz CT molecular complexity index is 691. The van der Waals surface area contributed by atoms with Crippen molar-refractivity contribution in [2.24, 2.45) is 0 Å². The number of hydrogen-bond donors (Lipinski definition) is 1. The number of anilines is 1. The second-order valence-electron chi connectivity index (χ2n) is 5.55. The topological polar surface area (TPSA) is 29.1 Å². The highest BCUT2D eigenvalue weighted by Crippen LogP contribution is 2.49. The Kier molecular flexibility index (Phi) is 1.97. The average Bonchev–Trinajstić information content (AvgIpc) is 2.89. The Hall–Kier alpha value is -2.09. The Balaban J connectivity index is 1.96. The first-order chi connectivity index (χ1) is 9.23. The van der Waals surface area contributed by atoms with Gasteiger partial charge in [-0.3, -0.25) is 4.79 Å². The van der Waals surface area contributed by atoms with Gasteiger partial charge in [-0.1, -0.05) is 42.5 Å². The van der Waals surface area contributed by atoms with Crippen LogP contribution in [0.4, 0.5) is 5.69 Å². The van der Waals surface area contributed by atoms with Crippen LogP contribution in [0.1, 0.15) is 28.4 Å². The van der Waals surface area contributed by atoms with E-state index in [0.717, 1.165) is 23.2 Å². The molecular formula is C17H15NO. The van der Waals surface area contributed by atoms with E-state index in [0.29, 0.717) is 0 Å². The number of nitrogens with one attached hydrogen (secondary N) is 1. The predicted octanol–water partition coefficient (Wildman–Crippen LogP) is 3.18. The molecule has 2 nitrogen and oxygen atoms in total. The van der Waals surface area contributed by atoms with Crippen molar-refractivity contribution < 1.29 is 4.79 Å². The number of fused-ring (bicyclic) bond motifs is 3. The average molecular weight is 249 g/mol. The smallest absolute Gasteiger partial charge is 0.176 e. The Morgan fingerprint density at radius 3 is 2.68 bits per heavy atom. The predicted molar refractivity (Wildman–Crippen MR) is 75.7 cm³/mol. The number of hydrogen-bond acceptors (Lipinski definition) is 2. The van der Waals surface area contributed by atoms with Crippen LogP contribution in [-0.2, 0) is 11.8 Å². The summed E-state index contributed by atoms with van der Waals surface area (Å²) in [5.41, 5.74) is 3.94. The lowest BCUT2D eigenvalue weighted by molar-refractivity contribution is 0.0896. The lowest BCUT2D eigenvalue weighted by atomic mass is 9.74. The lowest BCUT2D eigenvalue weighted by Gasteiger charge is -2.27. The third-order valence-corrected chi connectivity index (χ3v) is 4.66. The van der Waals surface area contributed by atoms with Crippen molar-refractivity contribution in [3.8, 4) is 0 Å². The molecule has 19 heavy (non-hydrogen) atoms. The van der Waals surface area contributed by atoms with Gasteiger partial charge in [0.1, 0.15) is 0 Å². The first-order valence-corrected chi connectivity index (χ1v) is 6.72. The number of Topliss-reactive ketones (excluding diaryl/α,β-unsaturated/α-hetero) is 1. The van der Waals surface area contributed by atoms with E-state index in [9.17, 15) is 4.79 Å². The number of carbonyl (C=O) groups is 1. The van der Waals surface area contributed by atoms with Gasteiger partial charge >= 0.3 is 0 Å². The molecule has 1 heterocycles. The van der Waals surface area contributed by atoms with E-state index in [4.69, 9.17) is 0 Å². The molecular weight excluding hydrogens is 234 g/mol. The largest absolute Gasteiger partial charge is 0.381 e. The van der Waals surface area contributed by atoms with Gasteiger partial charge in [-0.2, -0.15) is 0 Å². The molecule has 2 atom stereocenters. The maximum Gasteiger partial charge on any atom is 0.176 e. The van der Waals surface area contributed by atoms with E-state index in [1.165, 1.54) is 5.56 Å². The van der Waals surface area contributed by atoms with Gasteiger partial charge < -0.3 is 5.32 Å². The van der Waals surface area contributed by atoms with Crippen molar-refractivity contribution in [2.45, 2.75) is 24.8 Å². The van der Waals surface area contributed by atoms with E-state index in [2.05, 4.69) is 30.4 Å². The van der Waals surface area contributed by atoms with Crippen LogP contribution in [0, 0.1) is 0 Å². The normalized spacial score (nSPS) is 27.2. The summed E-state index contributed by atoms with van der Waals surface area (Å²) in [6, 6.07) is 16.4. The van der Waals surface area contributed by atoms with Gasteiger partial charge in [0, 0.05) is 17.3 Å². The first kappa shape index (κ1) is 10.8. The van der Waals surface area contributed by atoms with Crippen LogP contribution in [0.2, 0.25) is 0 Å². The molecule has 0 aromatic heterocycles. The maximum absolute atomic E-state index is 13.0. The van der Waals surface area contributed by atoms with Gasteiger partial charge in [-0.15, -0.1) is 0 Å². The van der Waals surface area contributed by atoms with E-state index in [1.807, 2.05) is 30.3 Å². The van der Waals surface area contributed by atoms with Crippen molar-refractivity contribution >= 4 is 11.5 Å². The monoisotopic (exact) mass is 249 g/mol. The van der Waals surface area contributed by atoms with Gasteiger partial charge in [0.15, 0.2) is 5.78 Å². The summed E-state index contributed by atoms with van der Waals surface area (Å²) in [4.78, 5) is 13.0. The molecule has 94 valence electrons. The number of carbonyl (C=O) groups excluding carboxylic acids is 1. The fourth-order valence-corrected chi connectivity index (χ4v) is 3.67. The van der Waals surface area contributed by atoms with E-state index >= 15 is 0 Å². The SMILES string of the molecule is C[C@@H]1Nc2ccccc2[C@@]12Cc1ccccc1C2=O. The summed E-state index contributed by atoms with van der Waals surface area (Å²) in [6.07, 6.45) is 0.813. The molecule has 2 aromatic carbocycles. The summed E-state index contributed by atoms with van der Waals surface area (Å²) in [5, 5.41) is 3.47. The van der Waals surface area contributed by atoms with Crippen LogP contribution >= 0.6 is 0 Å². The van der Waals surface area contributed by atoms with Gasteiger partial charge in [0.05, 0.1) is 5.41 Å². The third kappa shape index (κ3) is 1.19. The second-order valence-corrected chi connectivity index (χ2v) is 5.55. The van der Waals surface area contributed by atoms with Gasteiger partial charge in [0.2, 0.25) is 0 Å². The van der Waals surface area contributed by atoms with Crippen molar-refractivity contribution in [2.75, 3.05) is 5.32 Å². The molecule has 4 rings (SSSR count). The molecule has 0 bridgehead atoms. The number of benzene rings is 2. The molecule has 1 N–H and O–H groups in total. The summed E-state index contributed by atoms with van der Waals surface area (Å²) in [5.74, 6) is 0.271. The molecule has 1 aliphatic carbocycles. The quantitative estimate of drug-likeness (QED) is 0.777. The molecule has 1 aliphatic heterocycles. The minimum absolute atomic E-state index is 0.143. The van der Waals surface area contributed by atoms with Crippen molar-refractivity contribution in [3.63, 3.8) is 0 Å². The van der Waals surface area contributed by atoms with E-state index in [1.54, 1.807) is 0 Å². The number of rotatable bonds is 0. The Labute approximate surface area is 112 Å². The molecule has 2 heteroatoms. The van der Waals surface area contributed by atoms with Crippen molar-refractivity contribution in [1.82, 2.24) is 0 Å². The van der Waals surface area contributed by atoms with E-state index in [-0.39, 0.29) is 11.8 Å². The molecule has 0 radical (unpaired) electrons. The first-order valence-electron chi connectivity index (χ1n) is 6.72. The van der Waals surface area contributed by atoms with Gasteiger partial charge in [-0.25, -0.2) is 0 Å². The highest BCUT2D eigenvalue weighted by atomic mass is 16.1. The zero-order valence-electron chi connectivity index (χ0n) is 10.8. The van der Waals surface area contributed by atoms with Gasteiger partial charge in [0.25, 0.3) is 0 Å². The van der Waals surface area contributed by atoms with Crippen LogP contribution < -0.4 is 5.32 Å². The van der Waals surface area contributed by atoms with E-state index < -0.39 is 5.41 Å². The highest BCUT2D eigenvalue weighted by Gasteiger charge is 2.54. The molecule has 2 aliphatic rings. The minimum atomic E-state index is -0.403. The van der Waals surface area contributed by atoms with Crippen LogP contribution in [0.25, 0.3) is 0 Å². The summed E-state index contributed by atoms with van der Waals surface area (Å²) >= 11 is 0. The summed E-state index contributed by atoms with van der Waals surface area (Å²) in [6.45, 7) is 2.11. The van der Waals surface area contributed by atoms with Crippen molar-refractivity contribution in [3.05, 3.63) is 65.2 Å². The maximum atomic E-state index is 13.0. The molecule has 0 saturated carbocycles. The van der Waals surface area contributed by atoms with Crippen LogP contribution in [-0.4, -0.2) is 11.8 Å². The minimum Gasteiger partial charge on any atom is -0.381 e. The Morgan fingerprint density at radius 1 is 1.11 bits per heavy atom. The molecule has 0 saturated heterocycles. The highest BCUT2D eigenvalue weighted by molar-refractivity contribution is 6.11. The number of ketones is 1. The van der Waals surface area contributed by atoms with Gasteiger partial charge in [-0.05, 0) is 30.5 Å². The fraction of sp³-hybridized carbons (Fsp3) is 0.235. The van der Waals surface area contributed by atoms with Crippen LogP contribution in [0.5, 0.6) is 0 Å². The zero-order chi connectivity index (χ0) is 13.0. The molecule has 0 unspecified atom stereocenters. The Morgan fingerprint density at radius 2 is 1.84 bits per heavy atom. The van der Waals surface area contributed by atoms with Crippen LogP contribution in [0.15, 0.2) is 48.5 Å². The van der Waals surface area contributed by atoms with Crippen molar-refractivity contribution in [1.29, 1.82) is 0 Å². The zero-order valence-corrected chi connectivity index (χ0v) is 10.8. The van der Waals surface area contributed by atoms with Crippen LogP contribution in [0.3, 0.4) is 0 Å². The number of para-hydroxylation sites is 1. The molecule has 0 fully saturated rings. The standard InChI is InChI=1S/C17H15NO/c1-11-17(14-8-4-5-9-15(14)18-11)10-12-6-2-3-7-13(12)16(17)19/h2-9,11,18H,10H2,1H3/t11-,17+/m0/s1. The molecule has 2 aromatic rings. The molecule has 1 spiro atoms.